The normalized spacial score (nSPS) is 11.2. The molecule has 33 heavy (non-hydrogen) atoms. The Bertz CT molecular complexity index is 1390. The molecule has 0 N–H and O–H groups in total. The molecule has 2 aromatic heterocycles. The summed E-state index contributed by atoms with van der Waals surface area (Å²) in [6.07, 6.45) is 3.59. The lowest BCUT2D eigenvalue weighted by atomic mass is 10.1. The molecule has 0 spiro atoms. The number of carbonyl (C=O) groups excluding carboxylic acids is 2. The number of hydrogen-bond acceptors (Lipinski definition) is 5. The van der Waals surface area contributed by atoms with E-state index in [4.69, 9.17) is 27.9 Å². The van der Waals surface area contributed by atoms with E-state index in [1.807, 2.05) is 11.5 Å². The van der Waals surface area contributed by atoms with Crippen molar-refractivity contribution in [3.05, 3.63) is 89.9 Å². The molecule has 8 nitrogen and oxygen atoms in total. The van der Waals surface area contributed by atoms with E-state index in [0.29, 0.717) is 27.0 Å². The lowest BCUT2D eigenvalue weighted by molar-refractivity contribution is -0.136. The summed E-state index contributed by atoms with van der Waals surface area (Å²) in [4.78, 5) is 48.6. The highest BCUT2D eigenvalue weighted by molar-refractivity contribution is 6.34. The number of aromatic nitrogens is 3. The second kappa shape index (κ2) is 9.64. The molecule has 0 amide bonds. The van der Waals surface area contributed by atoms with Gasteiger partial charge in [0.05, 0.1) is 5.56 Å². The van der Waals surface area contributed by atoms with Crippen LogP contribution in [-0.4, -0.2) is 32.1 Å². The number of carbonyl (C=O) groups is 2. The fraction of sp³-hybridized carbons (Fsp3) is 0.217. The van der Waals surface area contributed by atoms with Gasteiger partial charge in [-0.05, 0) is 44.2 Å². The SMILES string of the molecule is Cc1cc(C(=O)COC(=O)/C=C/c2cn(C)c(=O)n(C)c2=O)c(C)n1-c1cc(Cl)cc(Cl)c1. The Labute approximate surface area is 199 Å². The van der Waals surface area contributed by atoms with E-state index in [1.165, 1.54) is 30.9 Å². The van der Waals surface area contributed by atoms with Crippen molar-refractivity contribution in [1.82, 2.24) is 13.7 Å². The summed E-state index contributed by atoms with van der Waals surface area (Å²) >= 11 is 12.2. The highest BCUT2D eigenvalue weighted by atomic mass is 35.5. The molecule has 172 valence electrons. The summed E-state index contributed by atoms with van der Waals surface area (Å²) in [5.74, 6) is -1.18. The van der Waals surface area contributed by atoms with Gasteiger partial charge in [-0.15, -0.1) is 0 Å². The quantitative estimate of drug-likeness (QED) is 0.301. The Morgan fingerprint density at radius 2 is 1.67 bits per heavy atom. The molecule has 0 aliphatic carbocycles. The predicted octanol–water partition coefficient (Wildman–Crippen LogP) is 3.24. The lowest BCUT2D eigenvalue weighted by Gasteiger charge is -2.11. The van der Waals surface area contributed by atoms with Crippen molar-refractivity contribution in [2.75, 3.05) is 6.61 Å². The molecule has 10 heteroatoms. The van der Waals surface area contributed by atoms with Crippen LogP contribution in [0, 0.1) is 13.8 Å². The maximum atomic E-state index is 12.7. The Balaban J connectivity index is 1.74. The average Bonchev–Trinajstić information content (AvgIpc) is 3.05. The Morgan fingerprint density at radius 1 is 1.03 bits per heavy atom. The number of Topliss-reactive ketones (excluding diaryl/α,β-unsaturated/α-hetero) is 1. The van der Waals surface area contributed by atoms with Gasteiger partial charge < -0.3 is 13.9 Å². The van der Waals surface area contributed by atoms with Gasteiger partial charge in [0.2, 0.25) is 5.78 Å². The summed E-state index contributed by atoms with van der Waals surface area (Å²) in [5, 5.41) is 0.929. The van der Waals surface area contributed by atoms with Crippen LogP contribution in [0.3, 0.4) is 0 Å². The average molecular weight is 490 g/mol. The fourth-order valence-corrected chi connectivity index (χ4v) is 4.00. The van der Waals surface area contributed by atoms with Gasteiger partial charge in [-0.25, -0.2) is 9.59 Å². The minimum atomic E-state index is -0.797. The van der Waals surface area contributed by atoms with Crippen molar-refractivity contribution in [3.63, 3.8) is 0 Å². The molecule has 0 atom stereocenters. The van der Waals surface area contributed by atoms with Gasteiger partial charge in [0.1, 0.15) is 0 Å². The molecule has 0 saturated heterocycles. The third kappa shape index (κ3) is 5.18. The summed E-state index contributed by atoms with van der Waals surface area (Å²) in [7, 11) is 2.83. The lowest BCUT2D eigenvalue weighted by Crippen LogP contribution is -2.37. The van der Waals surface area contributed by atoms with Gasteiger partial charge in [-0.2, -0.15) is 0 Å². The summed E-state index contributed by atoms with van der Waals surface area (Å²) in [5.41, 5.74) is 1.64. The number of nitrogens with zero attached hydrogens (tertiary/aromatic N) is 3. The molecule has 0 aliphatic rings. The van der Waals surface area contributed by atoms with Crippen LogP contribution in [0.5, 0.6) is 0 Å². The van der Waals surface area contributed by atoms with Gasteiger partial charge in [0, 0.05) is 59.1 Å². The first kappa shape index (κ1) is 24.3. The molecule has 0 fully saturated rings. The standard InChI is InChI=1S/C23H21Cl2N3O5/c1-13-7-19(14(2)28(13)18-9-16(24)8-17(25)10-18)20(29)12-33-21(30)6-5-15-11-26(3)23(32)27(4)22(15)31/h5-11H,12H2,1-4H3/b6-5+. The van der Waals surface area contributed by atoms with Crippen LogP contribution in [0.25, 0.3) is 11.8 Å². The molecule has 1 aromatic carbocycles. The molecular formula is C23H21Cl2N3O5. The number of esters is 1. The van der Waals surface area contributed by atoms with Crippen LogP contribution < -0.4 is 11.2 Å². The van der Waals surface area contributed by atoms with E-state index < -0.39 is 23.8 Å². The highest BCUT2D eigenvalue weighted by Crippen LogP contribution is 2.26. The first-order valence-electron chi connectivity index (χ1n) is 9.79. The predicted molar refractivity (Wildman–Crippen MR) is 127 cm³/mol. The van der Waals surface area contributed by atoms with Crippen LogP contribution in [0.4, 0.5) is 0 Å². The smallest absolute Gasteiger partial charge is 0.331 e. The topological polar surface area (TPSA) is 92.3 Å². The van der Waals surface area contributed by atoms with Crippen LogP contribution in [0.15, 0.2) is 46.1 Å². The molecular weight excluding hydrogens is 469 g/mol. The number of benzene rings is 1. The Kier molecular flexibility index (Phi) is 7.09. The second-order valence-electron chi connectivity index (χ2n) is 7.45. The van der Waals surface area contributed by atoms with Crippen molar-refractivity contribution in [2.45, 2.75) is 13.8 Å². The van der Waals surface area contributed by atoms with Gasteiger partial charge in [-0.1, -0.05) is 23.2 Å². The first-order valence-corrected chi connectivity index (χ1v) is 10.5. The molecule has 3 aromatic rings. The van der Waals surface area contributed by atoms with Crippen molar-refractivity contribution in [3.8, 4) is 5.69 Å². The number of ketones is 1. The number of rotatable bonds is 6. The number of hydrogen-bond donors (Lipinski definition) is 0. The minimum absolute atomic E-state index is 0.131. The van der Waals surface area contributed by atoms with Gasteiger partial charge >= 0.3 is 11.7 Å². The van der Waals surface area contributed by atoms with E-state index in [0.717, 1.165) is 16.3 Å². The summed E-state index contributed by atoms with van der Waals surface area (Å²) in [6.45, 7) is 3.13. The van der Waals surface area contributed by atoms with Crippen LogP contribution in [0.1, 0.15) is 27.3 Å². The Hall–Kier alpha value is -3.36. The largest absolute Gasteiger partial charge is 0.454 e. The van der Waals surface area contributed by atoms with Gasteiger partial charge in [0.25, 0.3) is 5.56 Å². The van der Waals surface area contributed by atoms with E-state index in [2.05, 4.69) is 0 Å². The van der Waals surface area contributed by atoms with Crippen molar-refractivity contribution in [1.29, 1.82) is 0 Å². The third-order valence-corrected chi connectivity index (χ3v) is 5.49. The van der Waals surface area contributed by atoms with E-state index in [1.54, 1.807) is 31.2 Å². The van der Waals surface area contributed by atoms with E-state index >= 15 is 0 Å². The first-order chi connectivity index (χ1) is 15.5. The summed E-state index contributed by atoms with van der Waals surface area (Å²) < 4.78 is 9.03. The highest BCUT2D eigenvalue weighted by Gasteiger charge is 2.18. The fourth-order valence-electron chi connectivity index (χ4n) is 3.48. The minimum Gasteiger partial charge on any atom is -0.454 e. The molecule has 0 aliphatic heterocycles. The molecule has 3 rings (SSSR count). The Morgan fingerprint density at radius 3 is 2.30 bits per heavy atom. The third-order valence-electron chi connectivity index (χ3n) is 5.05. The molecule has 0 radical (unpaired) electrons. The molecule has 2 heterocycles. The maximum Gasteiger partial charge on any atom is 0.331 e. The van der Waals surface area contributed by atoms with Gasteiger partial charge in [0.15, 0.2) is 6.61 Å². The monoisotopic (exact) mass is 489 g/mol. The van der Waals surface area contributed by atoms with Crippen LogP contribution >= 0.6 is 23.2 Å². The zero-order chi connectivity index (χ0) is 24.4. The number of aryl methyl sites for hydroxylation is 2. The number of ether oxygens (including phenoxy) is 1. The molecule has 0 unspecified atom stereocenters. The van der Waals surface area contributed by atoms with Crippen molar-refractivity contribution >= 4 is 41.0 Å². The van der Waals surface area contributed by atoms with E-state index in [9.17, 15) is 19.2 Å². The van der Waals surface area contributed by atoms with E-state index in [-0.39, 0.29) is 11.3 Å². The maximum absolute atomic E-state index is 12.7. The number of halogens is 2. The zero-order valence-electron chi connectivity index (χ0n) is 18.4. The molecule has 0 saturated carbocycles. The van der Waals surface area contributed by atoms with Crippen LogP contribution in [0.2, 0.25) is 10.0 Å². The van der Waals surface area contributed by atoms with Gasteiger partial charge in [-0.3, -0.25) is 14.2 Å². The zero-order valence-corrected chi connectivity index (χ0v) is 19.9. The van der Waals surface area contributed by atoms with Crippen LogP contribution in [-0.2, 0) is 23.6 Å². The van der Waals surface area contributed by atoms with Crippen molar-refractivity contribution < 1.29 is 14.3 Å². The summed E-state index contributed by atoms with van der Waals surface area (Å²) in [6, 6.07) is 6.78. The molecule has 0 bridgehead atoms. The van der Waals surface area contributed by atoms with Crippen molar-refractivity contribution in [2.24, 2.45) is 14.1 Å². The second-order valence-corrected chi connectivity index (χ2v) is 8.33.